The number of rotatable bonds is 6. The van der Waals surface area contributed by atoms with E-state index in [9.17, 15) is 0 Å². The van der Waals surface area contributed by atoms with Crippen LogP contribution < -0.4 is 11.3 Å². The van der Waals surface area contributed by atoms with E-state index in [0.717, 1.165) is 35.7 Å². The van der Waals surface area contributed by atoms with Crippen molar-refractivity contribution in [3.05, 3.63) is 22.6 Å². The number of furan rings is 1. The Morgan fingerprint density at radius 3 is 2.44 bits per heavy atom. The fourth-order valence-corrected chi connectivity index (χ4v) is 1.88. The molecule has 0 aliphatic rings. The lowest BCUT2D eigenvalue weighted by Gasteiger charge is -2.16. The predicted octanol–water partition coefficient (Wildman–Crippen LogP) is 2.14. The number of hydrogen-bond donors (Lipinski definition) is 2. The van der Waals surface area contributed by atoms with Crippen LogP contribution in [0.5, 0.6) is 0 Å². The Labute approximate surface area is 97.1 Å². The van der Waals surface area contributed by atoms with Gasteiger partial charge in [-0.25, -0.2) is 0 Å². The molecule has 0 fully saturated rings. The molecule has 1 rings (SSSR count). The number of ether oxygens (including phenoxy) is 1. The summed E-state index contributed by atoms with van der Waals surface area (Å²) in [6.07, 6.45) is 1.01. The van der Waals surface area contributed by atoms with Crippen molar-refractivity contribution >= 4 is 0 Å². The molecule has 92 valence electrons. The first-order valence-corrected chi connectivity index (χ1v) is 5.72. The van der Waals surface area contributed by atoms with Crippen molar-refractivity contribution in [2.75, 3.05) is 13.2 Å². The zero-order valence-corrected chi connectivity index (χ0v) is 10.6. The number of nitrogens with two attached hydrogens (primary N) is 1. The summed E-state index contributed by atoms with van der Waals surface area (Å²) in [4.78, 5) is 0. The van der Waals surface area contributed by atoms with Crippen molar-refractivity contribution in [1.82, 2.24) is 5.43 Å². The van der Waals surface area contributed by atoms with Crippen LogP contribution in [-0.4, -0.2) is 13.2 Å². The lowest BCUT2D eigenvalue weighted by atomic mass is 10.0. The van der Waals surface area contributed by atoms with Crippen LogP contribution in [0.2, 0.25) is 0 Å². The topological polar surface area (TPSA) is 60.4 Å². The molecule has 1 atom stereocenters. The fourth-order valence-electron chi connectivity index (χ4n) is 1.88. The molecule has 0 saturated carbocycles. The summed E-state index contributed by atoms with van der Waals surface area (Å²) in [5.74, 6) is 7.42. The van der Waals surface area contributed by atoms with E-state index < -0.39 is 0 Å². The van der Waals surface area contributed by atoms with Gasteiger partial charge in [0.25, 0.3) is 0 Å². The Balaban J connectivity index is 2.78. The SMILES string of the molecule is CCCOCC(NN)c1c(C)oc(C)c1C. The van der Waals surface area contributed by atoms with Crippen LogP contribution in [0.4, 0.5) is 0 Å². The summed E-state index contributed by atoms with van der Waals surface area (Å²) in [7, 11) is 0. The second-order valence-corrected chi connectivity index (χ2v) is 4.05. The van der Waals surface area contributed by atoms with Gasteiger partial charge in [-0.05, 0) is 32.8 Å². The van der Waals surface area contributed by atoms with E-state index in [1.807, 2.05) is 20.8 Å². The molecule has 0 aliphatic heterocycles. The molecule has 0 amide bonds. The highest BCUT2D eigenvalue weighted by Gasteiger charge is 2.20. The quantitative estimate of drug-likeness (QED) is 0.443. The minimum Gasteiger partial charge on any atom is -0.466 e. The standard InChI is InChI=1S/C12H22N2O2/c1-5-6-15-7-11(14-13)12-8(2)9(3)16-10(12)4/h11,14H,5-7,13H2,1-4H3. The molecular formula is C12H22N2O2. The average molecular weight is 226 g/mol. The van der Waals surface area contributed by atoms with Crippen LogP contribution in [0.1, 0.15) is 42.0 Å². The minimum absolute atomic E-state index is 0.00370. The van der Waals surface area contributed by atoms with Gasteiger partial charge in [-0.15, -0.1) is 0 Å². The first-order valence-electron chi connectivity index (χ1n) is 5.72. The average Bonchev–Trinajstić information content (AvgIpc) is 2.50. The van der Waals surface area contributed by atoms with Crippen LogP contribution >= 0.6 is 0 Å². The maximum atomic E-state index is 5.58. The van der Waals surface area contributed by atoms with Gasteiger partial charge < -0.3 is 9.15 Å². The molecule has 1 unspecified atom stereocenters. The minimum atomic E-state index is 0.00370. The van der Waals surface area contributed by atoms with Gasteiger partial charge in [0, 0.05) is 12.2 Å². The van der Waals surface area contributed by atoms with Gasteiger partial charge in [-0.1, -0.05) is 6.92 Å². The van der Waals surface area contributed by atoms with Crippen LogP contribution in [0.25, 0.3) is 0 Å². The third kappa shape index (κ3) is 2.84. The third-order valence-electron chi connectivity index (χ3n) is 2.80. The van der Waals surface area contributed by atoms with E-state index >= 15 is 0 Å². The molecule has 1 heterocycles. The molecule has 0 aromatic carbocycles. The first-order chi connectivity index (χ1) is 7.61. The van der Waals surface area contributed by atoms with Crippen molar-refractivity contribution < 1.29 is 9.15 Å². The van der Waals surface area contributed by atoms with Crippen molar-refractivity contribution in [2.24, 2.45) is 5.84 Å². The molecule has 0 radical (unpaired) electrons. The second-order valence-electron chi connectivity index (χ2n) is 4.05. The monoisotopic (exact) mass is 226 g/mol. The summed E-state index contributed by atoms with van der Waals surface area (Å²) >= 11 is 0. The Morgan fingerprint density at radius 1 is 1.31 bits per heavy atom. The maximum absolute atomic E-state index is 5.58. The van der Waals surface area contributed by atoms with Crippen molar-refractivity contribution in [3.63, 3.8) is 0 Å². The Hall–Kier alpha value is -0.840. The van der Waals surface area contributed by atoms with Crippen molar-refractivity contribution in [2.45, 2.75) is 40.2 Å². The summed E-state index contributed by atoms with van der Waals surface area (Å²) in [6.45, 7) is 9.39. The van der Waals surface area contributed by atoms with Crippen LogP contribution in [0.3, 0.4) is 0 Å². The molecule has 0 aliphatic carbocycles. The Kier molecular flexibility index (Phi) is 4.99. The van der Waals surface area contributed by atoms with Gasteiger partial charge >= 0.3 is 0 Å². The molecule has 0 bridgehead atoms. The normalized spacial score (nSPS) is 13.1. The Bertz CT molecular complexity index is 334. The smallest absolute Gasteiger partial charge is 0.106 e. The highest BCUT2D eigenvalue weighted by atomic mass is 16.5. The van der Waals surface area contributed by atoms with Gasteiger partial charge in [0.2, 0.25) is 0 Å². The number of hydrogen-bond acceptors (Lipinski definition) is 4. The number of aryl methyl sites for hydroxylation is 2. The van der Waals surface area contributed by atoms with Gasteiger partial charge in [-0.2, -0.15) is 0 Å². The number of nitrogens with one attached hydrogen (secondary N) is 1. The van der Waals surface area contributed by atoms with E-state index in [2.05, 4.69) is 12.3 Å². The molecule has 4 heteroatoms. The van der Waals surface area contributed by atoms with Crippen molar-refractivity contribution in [3.8, 4) is 0 Å². The van der Waals surface area contributed by atoms with Gasteiger partial charge in [0.05, 0.1) is 12.6 Å². The highest BCUT2D eigenvalue weighted by Crippen LogP contribution is 2.26. The molecule has 0 spiro atoms. The molecule has 16 heavy (non-hydrogen) atoms. The second kappa shape index (κ2) is 6.03. The lowest BCUT2D eigenvalue weighted by Crippen LogP contribution is -2.32. The number of hydrazine groups is 1. The molecule has 1 aromatic rings. The summed E-state index contributed by atoms with van der Waals surface area (Å²) in [5.41, 5.74) is 5.06. The molecule has 1 aromatic heterocycles. The van der Waals surface area contributed by atoms with Gasteiger partial charge in [0.15, 0.2) is 0 Å². The molecule has 0 saturated heterocycles. The highest BCUT2D eigenvalue weighted by molar-refractivity contribution is 5.34. The van der Waals surface area contributed by atoms with Crippen LogP contribution in [0.15, 0.2) is 4.42 Å². The molecule has 4 nitrogen and oxygen atoms in total. The molecular weight excluding hydrogens is 204 g/mol. The zero-order valence-electron chi connectivity index (χ0n) is 10.6. The van der Waals surface area contributed by atoms with E-state index in [1.54, 1.807) is 0 Å². The zero-order chi connectivity index (χ0) is 12.1. The maximum Gasteiger partial charge on any atom is 0.106 e. The third-order valence-corrected chi connectivity index (χ3v) is 2.80. The summed E-state index contributed by atoms with van der Waals surface area (Å²) in [5, 5.41) is 0. The van der Waals surface area contributed by atoms with Crippen LogP contribution in [0, 0.1) is 20.8 Å². The van der Waals surface area contributed by atoms with E-state index in [-0.39, 0.29) is 6.04 Å². The predicted molar refractivity (Wildman–Crippen MR) is 64.1 cm³/mol. The van der Waals surface area contributed by atoms with E-state index in [4.69, 9.17) is 15.0 Å². The fraction of sp³-hybridized carbons (Fsp3) is 0.667. The summed E-state index contributed by atoms with van der Waals surface area (Å²) in [6, 6.07) is 0.00370. The first kappa shape index (κ1) is 13.2. The largest absolute Gasteiger partial charge is 0.466 e. The van der Waals surface area contributed by atoms with Gasteiger partial charge in [0.1, 0.15) is 11.5 Å². The van der Waals surface area contributed by atoms with Crippen molar-refractivity contribution in [1.29, 1.82) is 0 Å². The van der Waals surface area contributed by atoms with Crippen LogP contribution in [-0.2, 0) is 4.74 Å². The Morgan fingerprint density at radius 2 is 2.00 bits per heavy atom. The summed E-state index contributed by atoms with van der Waals surface area (Å²) < 4.78 is 11.1. The lowest BCUT2D eigenvalue weighted by molar-refractivity contribution is 0.111. The van der Waals surface area contributed by atoms with Gasteiger partial charge in [-0.3, -0.25) is 11.3 Å². The van der Waals surface area contributed by atoms with E-state index in [1.165, 1.54) is 0 Å². The molecule has 3 N–H and O–H groups in total. The van der Waals surface area contributed by atoms with E-state index in [0.29, 0.717) is 6.61 Å².